The van der Waals surface area contributed by atoms with Crippen molar-refractivity contribution in [3.8, 4) is 11.5 Å². The molecule has 0 spiro atoms. The largest absolute Gasteiger partial charge is 0.493 e. The summed E-state index contributed by atoms with van der Waals surface area (Å²) in [6.07, 6.45) is 3.61. The normalized spacial score (nSPS) is 10.3. The highest BCUT2D eigenvalue weighted by atomic mass is 16.5. The maximum Gasteiger partial charge on any atom is 0.164 e. The zero-order valence-electron chi connectivity index (χ0n) is 9.07. The number of methoxy groups -OCH3 is 2. The van der Waals surface area contributed by atoms with Gasteiger partial charge in [-0.2, -0.15) is 0 Å². The summed E-state index contributed by atoms with van der Waals surface area (Å²) in [7, 11) is 3.29. The standard InChI is InChI=1S/C12H13NO2/c1-8-10-7-13-5-4-9(10)6-11(14-2)12(8)15-3/h4-7H,1-3H3. The maximum atomic E-state index is 5.32. The summed E-state index contributed by atoms with van der Waals surface area (Å²) < 4.78 is 10.6. The molecule has 2 rings (SSSR count). The molecule has 2 aromatic rings. The molecule has 3 heteroatoms. The molecule has 0 bridgehead atoms. The predicted molar refractivity (Wildman–Crippen MR) is 59.6 cm³/mol. The third-order valence-corrected chi connectivity index (χ3v) is 2.53. The molecule has 0 saturated heterocycles. The lowest BCUT2D eigenvalue weighted by Crippen LogP contribution is -1.94. The van der Waals surface area contributed by atoms with Gasteiger partial charge in [-0.25, -0.2) is 0 Å². The molecule has 1 heterocycles. The Bertz CT molecular complexity index is 494. The highest BCUT2D eigenvalue weighted by Gasteiger charge is 2.10. The fraction of sp³-hybridized carbons (Fsp3) is 0.250. The van der Waals surface area contributed by atoms with Crippen LogP contribution in [0.2, 0.25) is 0 Å². The van der Waals surface area contributed by atoms with Gasteiger partial charge in [0.1, 0.15) is 0 Å². The Balaban J connectivity index is 2.81. The highest BCUT2D eigenvalue weighted by molar-refractivity contribution is 5.89. The van der Waals surface area contributed by atoms with Gasteiger partial charge in [0, 0.05) is 23.3 Å². The summed E-state index contributed by atoms with van der Waals surface area (Å²) in [6.45, 7) is 2.01. The van der Waals surface area contributed by atoms with Crippen molar-refractivity contribution in [2.45, 2.75) is 6.92 Å². The minimum absolute atomic E-state index is 0.758. The van der Waals surface area contributed by atoms with E-state index in [1.165, 1.54) is 0 Å². The van der Waals surface area contributed by atoms with Crippen LogP contribution in [0, 0.1) is 6.92 Å². The number of hydrogen-bond donors (Lipinski definition) is 0. The van der Waals surface area contributed by atoms with Crippen molar-refractivity contribution in [2.75, 3.05) is 14.2 Å². The fourth-order valence-corrected chi connectivity index (χ4v) is 1.76. The average Bonchev–Trinajstić information content (AvgIpc) is 2.29. The first-order chi connectivity index (χ1) is 7.27. The molecule has 3 nitrogen and oxygen atoms in total. The molecule has 1 aromatic heterocycles. The Labute approximate surface area is 88.7 Å². The van der Waals surface area contributed by atoms with Gasteiger partial charge in [-0.15, -0.1) is 0 Å². The van der Waals surface area contributed by atoms with E-state index in [-0.39, 0.29) is 0 Å². The lowest BCUT2D eigenvalue weighted by atomic mass is 10.1. The van der Waals surface area contributed by atoms with E-state index in [1.807, 2.05) is 25.3 Å². The number of benzene rings is 1. The van der Waals surface area contributed by atoms with E-state index in [9.17, 15) is 0 Å². The number of aryl methyl sites for hydroxylation is 1. The Morgan fingerprint density at radius 2 is 2.00 bits per heavy atom. The number of ether oxygens (including phenoxy) is 2. The van der Waals surface area contributed by atoms with Gasteiger partial charge in [-0.1, -0.05) is 0 Å². The van der Waals surface area contributed by atoms with E-state index >= 15 is 0 Å². The Morgan fingerprint density at radius 1 is 1.20 bits per heavy atom. The molecular formula is C12H13NO2. The second-order valence-corrected chi connectivity index (χ2v) is 3.33. The third-order valence-electron chi connectivity index (χ3n) is 2.53. The minimum atomic E-state index is 0.758. The highest BCUT2D eigenvalue weighted by Crippen LogP contribution is 2.36. The van der Waals surface area contributed by atoms with Gasteiger partial charge in [0.15, 0.2) is 11.5 Å². The summed E-state index contributed by atoms with van der Waals surface area (Å²) in [6, 6.07) is 3.92. The number of rotatable bonds is 2. The fourth-order valence-electron chi connectivity index (χ4n) is 1.76. The maximum absolute atomic E-state index is 5.32. The van der Waals surface area contributed by atoms with E-state index < -0.39 is 0 Å². The second kappa shape index (κ2) is 3.77. The zero-order valence-corrected chi connectivity index (χ0v) is 9.07. The number of aromatic nitrogens is 1. The van der Waals surface area contributed by atoms with Crippen LogP contribution in [0.4, 0.5) is 0 Å². The molecule has 78 valence electrons. The molecule has 0 unspecified atom stereocenters. The van der Waals surface area contributed by atoms with Gasteiger partial charge in [0.05, 0.1) is 14.2 Å². The van der Waals surface area contributed by atoms with Crippen molar-refractivity contribution in [1.29, 1.82) is 0 Å². The third kappa shape index (κ3) is 1.50. The number of hydrogen-bond acceptors (Lipinski definition) is 3. The quantitative estimate of drug-likeness (QED) is 0.751. The van der Waals surface area contributed by atoms with Crippen LogP contribution in [0.1, 0.15) is 5.56 Å². The molecule has 0 saturated carbocycles. The molecule has 0 atom stereocenters. The van der Waals surface area contributed by atoms with Crippen LogP contribution < -0.4 is 9.47 Å². The van der Waals surface area contributed by atoms with E-state index in [2.05, 4.69) is 4.98 Å². The van der Waals surface area contributed by atoms with Gasteiger partial charge >= 0.3 is 0 Å². The SMILES string of the molecule is COc1cc2ccncc2c(C)c1OC. The van der Waals surface area contributed by atoms with Crippen molar-refractivity contribution < 1.29 is 9.47 Å². The Hall–Kier alpha value is -1.77. The second-order valence-electron chi connectivity index (χ2n) is 3.33. The molecule has 0 radical (unpaired) electrons. The van der Waals surface area contributed by atoms with Gasteiger partial charge in [0.25, 0.3) is 0 Å². The Kier molecular flexibility index (Phi) is 2.46. The van der Waals surface area contributed by atoms with Crippen molar-refractivity contribution in [3.63, 3.8) is 0 Å². The molecular weight excluding hydrogens is 190 g/mol. The molecule has 15 heavy (non-hydrogen) atoms. The molecule has 0 N–H and O–H groups in total. The van der Waals surface area contributed by atoms with Gasteiger partial charge in [-0.3, -0.25) is 4.98 Å². The summed E-state index contributed by atoms with van der Waals surface area (Å²) in [5.74, 6) is 1.53. The first-order valence-corrected chi connectivity index (χ1v) is 4.73. The van der Waals surface area contributed by atoms with E-state index in [0.717, 1.165) is 27.8 Å². The van der Waals surface area contributed by atoms with Crippen LogP contribution in [0.5, 0.6) is 11.5 Å². The number of fused-ring (bicyclic) bond motifs is 1. The first kappa shape index (κ1) is 9.77. The van der Waals surface area contributed by atoms with E-state index in [1.54, 1.807) is 20.4 Å². The van der Waals surface area contributed by atoms with Crippen LogP contribution in [0.25, 0.3) is 10.8 Å². The summed E-state index contributed by atoms with van der Waals surface area (Å²) in [5.41, 5.74) is 1.06. The van der Waals surface area contributed by atoms with Gasteiger partial charge in [-0.05, 0) is 24.4 Å². The van der Waals surface area contributed by atoms with Crippen LogP contribution in [-0.4, -0.2) is 19.2 Å². The van der Waals surface area contributed by atoms with Crippen molar-refractivity contribution in [3.05, 3.63) is 30.1 Å². The van der Waals surface area contributed by atoms with Crippen LogP contribution >= 0.6 is 0 Å². The minimum Gasteiger partial charge on any atom is -0.493 e. The lowest BCUT2D eigenvalue weighted by Gasteiger charge is -2.12. The predicted octanol–water partition coefficient (Wildman–Crippen LogP) is 2.56. The Morgan fingerprint density at radius 3 is 2.67 bits per heavy atom. The summed E-state index contributed by atoms with van der Waals surface area (Å²) in [4.78, 5) is 4.11. The van der Waals surface area contributed by atoms with Gasteiger partial charge in [0.2, 0.25) is 0 Å². The van der Waals surface area contributed by atoms with Crippen molar-refractivity contribution >= 4 is 10.8 Å². The number of nitrogens with zero attached hydrogens (tertiary/aromatic N) is 1. The van der Waals surface area contributed by atoms with Crippen molar-refractivity contribution in [1.82, 2.24) is 4.98 Å². The molecule has 0 fully saturated rings. The summed E-state index contributed by atoms with van der Waals surface area (Å²) >= 11 is 0. The van der Waals surface area contributed by atoms with Crippen LogP contribution in [-0.2, 0) is 0 Å². The molecule has 1 aromatic carbocycles. The summed E-state index contributed by atoms with van der Waals surface area (Å²) in [5, 5.41) is 2.20. The van der Waals surface area contributed by atoms with E-state index in [4.69, 9.17) is 9.47 Å². The van der Waals surface area contributed by atoms with Gasteiger partial charge < -0.3 is 9.47 Å². The zero-order chi connectivity index (χ0) is 10.8. The topological polar surface area (TPSA) is 31.4 Å². The van der Waals surface area contributed by atoms with Crippen molar-refractivity contribution in [2.24, 2.45) is 0 Å². The van der Waals surface area contributed by atoms with Crippen LogP contribution in [0.3, 0.4) is 0 Å². The molecule has 0 aliphatic carbocycles. The average molecular weight is 203 g/mol. The molecule has 0 aliphatic heterocycles. The number of pyridine rings is 1. The first-order valence-electron chi connectivity index (χ1n) is 4.73. The smallest absolute Gasteiger partial charge is 0.164 e. The lowest BCUT2D eigenvalue weighted by molar-refractivity contribution is 0.354. The monoisotopic (exact) mass is 203 g/mol. The molecule has 0 amide bonds. The van der Waals surface area contributed by atoms with Crippen LogP contribution in [0.15, 0.2) is 24.5 Å². The molecule has 0 aliphatic rings. The van der Waals surface area contributed by atoms with E-state index in [0.29, 0.717) is 0 Å².